The first-order chi connectivity index (χ1) is 11.6. The van der Waals surface area contributed by atoms with Crippen molar-refractivity contribution in [2.75, 3.05) is 19.0 Å². The lowest BCUT2D eigenvalue weighted by atomic mass is 10.1. The second kappa shape index (κ2) is 8.47. The topological polar surface area (TPSA) is 84.5 Å². The molecule has 24 heavy (non-hydrogen) atoms. The lowest BCUT2D eigenvalue weighted by molar-refractivity contribution is -0.125. The molecule has 1 saturated carbocycles. The lowest BCUT2D eigenvalue weighted by Crippen LogP contribution is -2.28. The number of carbonyl (C=O) groups excluding carboxylic acids is 3. The van der Waals surface area contributed by atoms with Gasteiger partial charge < -0.3 is 15.4 Å². The molecule has 1 aliphatic carbocycles. The van der Waals surface area contributed by atoms with Crippen LogP contribution >= 0.6 is 0 Å². The standard InChI is InChI=1S/C18H24N2O4/c1-3-4-7-10-19-16(21)13-11-14(13)17(22)20-15-9-6-5-8-12(15)18(23)24-2/h5-6,8-9,13-14H,3-4,7,10-11H2,1-2H3,(H,19,21)(H,20,22). The van der Waals surface area contributed by atoms with Crippen molar-refractivity contribution in [1.29, 1.82) is 0 Å². The number of methoxy groups -OCH3 is 1. The maximum atomic E-state index is 12.3. The number of rotatable bonds is 8. The third-order valence-corrected chi connectivity index (χ3v) is 4.13. The minimum atomic E-state index is -0.507. The van der Waals surface area contributed by atoms with Crippen LogP contribution < -0.4 is 10.6 Å². The van der Waals surface area contributed by atoms with Gasteiger partial charge in [0, 0.05) is 6.54 Å². The predicted molar refractivity (Wildman–Crippen MR) is 90.5 cm³/mol. The molecule has 6 nitrogen and oxygen atoms in total. The van der Waals surface area contributed by atoms with Crippen molar-refractivity contribution in [3.63, 3.8) is 0 Å². The highest BCUT2D eigenvalue weighted by molar-refractivity contribution is 6.04. The number of ether oxygens (including phenoxy) is 1. The molecular weight excluding hydrogens is 308 g/mol. The second-order valence-corrected chi connectivity index (χ2v) is 5.97. The van der Waals surface area contributed by atoms with Gasteiger partial charge >= 0.3 is 5.97 Å². The van der Waals surface area contributed by atoms with E-state index in [4.69, 9.17) is 4.74 Å². The van der Waals surface area contributed by atoms with E-state index in [1.54, 1.807) is 24.3 Å². The number of amides is 2. The van der Waals surface area contributed by atoms with Crippen LogP contribution in [-0.2, 0) is 14.3 Å². The molecule has 0 aliphatic heterocycles. The molecule has 2 amide bonds. The Hall–Kier alpha value is -2.37. The first-order valence-electron chi connectivity index (χ1n) is 8.34. The number of anilines is 1. The highest BCUT2D eigenvalue weighted by Gasteiger charge is 2.48. The molecule has 2 unspecified atom stereocenters. The van der Waals surface area contributed by atoms with Gasteiger partial charge in [0.05, 0.1) is 30.2 Å². The highest BCUT2D eigenvalue weighted by atomic mass is 16.5. The van der Waals surface area contributed by atoms with Crippen molar-refractivity contribution in [2.45, 2.75) is 32.6 Å². The van der Waals surface area contributed by atoms with Crippen LogP contribution in [0, 0.1) is 11.8 Å². The molecule has 2 atom stereocenters. The van der Waals surface area contributed by atoms with Gasteiger partial charge in [0.1, 0.15) is 0 Å². The van der Waals surface area contributed by atoms with Gasteiger partial charge in [-0.05, 0) is 25.0 Å². The van der Waals surface area contributed by atoms with E-state index in [0.717, 1.165) is 19.3 Å². The van der Waals surface area contributed by atoms with E-state index in [0.29, 0.717) is 24.2 Å². The highest BCUT2D eigenvalue weighted by Crippen LogP contribution is 2.39. The quantitative estimate of drug-likeness (QED) is 0.565. The van der Waals surface area contributed by atoms with Crippen LogP contribution in [-0.4, -0.2) is 31.4 Å². The maximum absolute atomic E-state index is 12.3. The Morgan fingerprint density at radius 1 is 1.12 bits per heavy atom. The Labute approximate surface area is 142 Å². The molecule has 1 fully saturated rings. The molecule has 0 heterocycles. The Balaban J connectivity index is 1.87. The summed E-state index contributed by atoms with van der Waals surface area (Å²) in [6.45, 7) is 2.76. The van der Waals surface area contributed by atoms with Crippen molar-refractivity contribution in [3.8, 4) is 0 Å². The van der Waals surface area contributed by atoms with Crippen molar-refractivity contribution >= 4 is 23.5 Å². The lowest BCUT2D eigenvalue weighted by Gasteiger charge is -2.09. The van der Waals surface area contributed by atoms with Gasteiger partial charge in [-0.3, -0.25) is 9.59 Å². The van der Waals surface area contributed by atoms with Crippen molar-refractivity contribution < 1.29 is 19.1 Å². The van der Waals surface area contributed by atoms with Crippen LogP contribution in [0.25, 0.3) is 0 Å². The molecule has 0 aromatic heterocycles. The number of para-hydroxylation sites is 1. The fourth-order valence-corrected chi connectivity index (χ4v) is 2.60. The monoisotopic (exact) mass is 332 g/mol. The van der Waals surface area contributed by atoms with E-state index < -0.39 is 5.97 Å². The van der Waals surface area contributed by atoms with Gasteiger partial charge in [0.2, 0.25) is 11.8 Å². The molecule has 1 aromatic rings. The summed E-state index contributed by atoms with van der Waals surface area (Å²) < 4.78 is 4.70. The third kappa shape index (κ3) is 4.57. The van der Waals surface area contributed by atoms with E-state index in [2.05, 4.69) is 17.6 Å². The fourth-order valence-electron chi connectivity index (χ4n) is 2.60. The number of unbranched alkanes of at least 4 members (excludes halogenated alkanes) is 2. The summed E-state index contributed by atoms with van der Waals surface area (Å²) in [5.74, 6) is -1.40. The number of esters is 1. The molecule has 2 rings (SSSR count). The molecule has 130 valence electrons. The van der Waals surface area contributed by atoms with Gasteiger partial charge in [-0.2, -0.15) is 0 Å². The van der Waals surface area contributed by atoms with Crippen LogP contribution in [0.2, 0.25) is 0 Å². The first-order valence-corrected chi connectivity index (χ1v) is 8.34. The number of hydrogen-bond acceptors (Lipinski definition) is 4. The fraction of sp³-hybridized carbons (Fsp3) is 0.500. The van der Waals surface area contributed by atoms with Crippen molar-refractivity contribution in [3.05, 3.63) is 29.8 Å². The summed E-state index contributed by atoms with van der Waals surface area (Å²) in [4.78, 5) is 36.0. The SMILES string of the molecule is CCCCCNC(=O)C1CC1C(=O)Nc1ccccc1C(=O)OC. The van der Waals surface area contributed by atoms with E-state index in [9.17, 15) is 14.4 Å². The third-order valence-electron chi connectivity index (χ3n) is 4.13. The number of benzene rings is 1. The molecular formula is C18H24N2O4. The van der Waals surface area contributed by atoms with Gasteiger partial charge in [0.15, 0.2) is 0 Å². The summed E-state index contributed by atoms with van der Waals surface area (Å²) in [7, 11) is 1.29. The zero-order chi connectivity index (χ0) is 17.5. The van der Waals surface area contributed by atoms with Crippen LogP contribution in [0.4, 0.5) is 5.69 Å². The summed E-state index contributed by atoms with van der Waals surface area (Å²) in [5, 5.41) is 5.60. The number of carbonyl (C=O) groups is 3. The Morgan fingerprint density at radius 2 is 1.83 bits per heavy atom. The van der Waals surface area contributed by atoms with Crippen molar-refractivity contribution in [1.82, 2.24) is 5.32 Å². The van der Waals surface area contributed by atoms with Crippen LogP contribution in [0.5, 0.6) is 0 Å². The summed E-state index contributed by atoms with van der Waals surface area (Å²) >= 11 is 0. The molecule has 2 N–H and O–H groups in total. The normalized spacial score (nSPS) is 18.6. The Morgan fingerprint density at radius 3 is 2.54 bits per heavy atom. The molecule has 0 saturated heterocycles. The van der Waals surface area contributed by atoms with Gasteiger partial charge in [0.25, 0.3) is 0 Å². The minimum absolute atomic E-state index is 0.0625. The first kappa shape index (κ1) is 18.0. The molecule has 0 spiro atoms. The summed E-state index contributed by atoms with van der Waals surface area (Å²) in [6, 6.07) is 6.66. The molecule has 0 radical (unpaired) electrons. The Bertz CT molecular complexity index is 615. The molecule has 0 bridgehead atoms. The van der Waals surface area contributed by atoms with Crippen LogP contribution in [0.1, 0.15) is 43.0 Å². The van der Waals surface area contributed by atoms with E-state index in [1.807, 2.05) is 0 Å². The van der Waals surface area contributed by atoms with Gasteiger partial charge in [-0.1, -0.05) is 31.9 Å². The summed E-state index contributed by atoms with van der Waals surface area (Å²) in [6.07, 6.45) is 3.69. The molecule has 1 aromatic carbocycles. The minimum Gasteiger partial charge on any atom is -0.465 e. The maximum Gasteiger partial charge on any atom is 0.339 e. The Kier molecular flexibility index (Phi) is 6.35. The largest absolute Gasteiger partial charge is 0.465 e. The zero-order valence-corrected chi connectivity index (χ0v) is 14.1. The molecule has 1 aliphatic rings. The molecule has 6 heteroatoms. The van der Waals surface area contributed by atoms with Crippen LogP contribution in [0.15, 0.2) is 24.3 Å². The predicted octanol–water partition coefficient (Wildman–Crippen LogP) is 2.35. The van der Waals surface area contributed by atoms with Gasteiger partial charge in [-0.25, -0.2) is 4.79 Å². The van der Waals surface area contributed by atoms with E-state index in [1.165, 1.54) is 7.11 Å². The average molecular weight is 332 g/mol. The van der Waals surface area contributed by atoms with E-state index in [-0.39, 0.29) is 23.7 Å². The van der Waals surface area contributed by atoms with Crippen molar-refractivity contribution in [2.24, 2.45) is 11.8 Å². The number of hydrogen-bond donors (Lipinski definition) is 2. The smallest absolute Gasteiger partial charge is 0.339 e. The number of nitrogens with one attached hydrogen (secondary N) is 2. The van der Waals surface area contributed by atoms with Gasteiger partial charge in [-0.15, -0.1) is 0 Å². The average Bonchev–Trinajstić information content (AvgIpc) is 3.39. The zero-order valence-electron chi connectivity index (χ0n) is 14.1. The van der Waals surface area contributed by atoms with Crippen LogP contribution in [0.3, 0.4) is 0 Å². The van der Waals surface area contributed by atoms with E-state index >= 15 is 0 Å². The summed E-state index contributed by atoms with van der Waals surface area (Å²) in [5.41, 5.74) is 0.706. The second-order valence-electron chi connectivity index (χ2n) is 5.97.